The van der Waals surface area contributed by atoms with E-state index in [0.717, 1.165) is 12.0 Å². The summed E-state index contributed by atoms with van der Waals surface area (Å²) in [5.41, 5.74) is 1.24. The molecule has 1 atom stereocenters. The minimum absolute atomic E-state index is 0.00387. The summed E-state index contributed by atoms with van der Waals surface area (Å²) in [5, 5.41) is 5.48. The molecule has 0 spiro atoms. The van der Waals surface area contributed by atoms with Gasteiger partial charge in [0.1, 0.15) is 10.6 Å². The van der Waals surface area contributed by atoms with Crippen LogP contribution in [0.3, 0.4) is 0 Å². The Labute approximate surface area is 190 Å². The molecule has 1 unspecified atom stereocenters. The van der Waals surface area contributed by atoms with Crippen LogP contribution in [0.25, 0.3) is 0 Å². The molecule has 0 radical (unpaired) electrons. The summed E-state index contributed by atoms with van der Waals surface area (Å²) in [6.45, 7) is 9.45. The average molecular weight is 462 g/mol. The highest BCUT2D eigenvalue weighted by Gasteiger charge is 2.21. The van der Waals surface area contributed by atoms with Gasteiger partial charge >= 0.3 is 16.1 Å². The van der Waals surface area contributed by atoms with Gasteiger partial charge in [-0.1, -0.05) is 19.1 Å². The number of amides is 3. The number of anilines is 1. The van der Waals surface area contributed by atoms with E-state index < -0.39 is 10.1 Å². The average Bonchev–Trinajstić information content (AvgIpc) is 2.70. The maximum atomic E-state index is 12.7. The zero-order valence-electron chi connectivity index (χ0n) is 19.1. The summed E-state index contributed by atoms with van der Waals surface area (Å²) >= 11 is 0. The van der Waals surface area contributed by atoms with E-state index in [1.807, 2.05) is 33.8 Å². The molecule has 0 heterocycles. The first-order valence-electron chi connectivity index (χ1n) is 10.5. The summed E-state index contributed by atoms with van der Waals surface area (Å²) in [5.74, 6) is -0.0935. The third-order valence-corrected chi connectivity index (χ3v) is 5.98. The highest BCUT2D eigenvalue weighted by atomic mass is 32.2. The highest BCUT2D eigenvalue weighted by molar-refractivity contribution is 7.87. The van der Waals surface area contributed by atoms with E-state index in [4.69, 9.17) is 4.18 Å². The Morgan fingerprint density at radius 2 is 1.72 bits per heavy atom. The van der Waals surface area contributed by atoms with Gasteiger partial charge in [-0.15, -0.1) is 0 Å². The Hall–Kier alpha value is -3.07. The fourth-order valence-corrected chi connectivity index (χ4v) is 3.88. The van der Waals surface area contributed by atoms with Crippen LogP contribution in [-0.2, 0) is 21.5 Å². The molecule has 32 heavy (non-hydrogen) atoms. The van der Waals surface area contributed by atoms with Gasteiger partial charge in [-0.05, 0) is 69.2 Å². The molecule has 0 aliphatic carbocycles. The maximum Gasteiger partial charge on any atom is 0.339 e. The molecular formula is C23H31N3O5S. The van der Waals surface area contributed by atoms with E-state index in [0.29, 0.717) is 12.2 Å². The number of urea groups is 1. The van der Waals surface area contributed by atoms with Gasteiger partial charge in [-0.25, -0.2) is 4.79 Å². The van der Waals surface area contributed by atoms with E-state index in [-0.39, 0.29) is 34.7 Å². The number of rotatable bonds is 9. The molecule has 2 N–H and O–H groups in total. The molecule has 0 aromatic heterocycles. The molecule has 2 rings (SSSR count). The van der Waals surface area contributed by atoms with E-state index in [1.165, 1.54) is 31.2 Å². The van der Waals surface area contributed by atoms with Crippen molar-refractivity contribution in [3.63, 3.8) is 0 Å². The van der Waals surface area contributed by atoms with Gasteiger partial charge in [0.2, 0.25) is 5.91 Å². The zero-order chi connectivity index (χ0) is 23.9. The molecule has 3 amide bonds. The van der Waals surface area contributed by atoms with Crippen LogP contribution < -0.4 is 14.8 Å². The van der Waals surface area contributed by atoms with E-state index >= 15 is 0 Å². The van der Waals surface area contributed by atoms with Crippen LogP contribution in [0.1, 0.15) is 46.6 Å². The van der Waals surface area contributed by atoms with Crippen LogP contribution in [0.2, 0.25) is 0 Å². The second-order valence-corrected chi connectivity index (χ2v) is 9.43. The van der Waals surface area contributed by atoms with Gasteiger partial charge in [0.25, 0.3) is 0 Å². The lowest BCUT2D eigenvalue weighted by molar-refractivity contribution is -0.114. The topological polar surface area (TPSA) is 105 Å². The van der Waals surface area contributed by atoms with Crippen molar-refractivity contribution in [1.29, 1.82) is 0 Å². The molecule has 0 fully saturated rings. The van der Waals surface area contributed by atoms with Crippen LogP contribution in [0.5, 0.6) is 5.75 Å². The van der Waals surface area contributed by atoms with Crippen molar-refractivity contribution >= 4 is 27.7 Å². The Morgan fingerprint density at radius 1 is 1.06 bits per heavy atom. The first kappa shape index (κ1) is 25.2. The normalized spacial score (nSPS) is 12.2. The molecule has 8 nitrogen and oxygen atoms in total. The van der Waals surface area contributed by atoms with Crippen LogP contribution in [0.4, 0.5) is 10.5 Å². The van der Waals surface area contributed by atoms with Crippen molar-refractivity contribution in [2.75, 3.05) is 5.32 Å². The van der Waals surface area contributed by atoms with Crippen molar-refractivity contribution in [1.82, 2.24) is 10.2 Å². The standard InChI is InChI=1S/C23H31N3O5S/c1-6-17(4)26(23(28)24-16(2)3)15-19-8-7-9-21(14-19)31-32(29,30)22-12-10-20(11-13-22)25-18(5)27/h7-14,16-17H,6,15H2,1-5H3,(H,24,28)(H,25,27). The number of hydrogen-bond acceptors (Lipinski definition) is 5. The largest absolute Gasteiger partial charge is 0.379 e. The van der Waals surface area contributed by atoms with Gasteiger partial charge in [-0.2, -0.15) is 8.42 Å². The molecule has 0 saturated heterocycles. The molecule has 2 aromatic rings. The van der Waals surface area contributed by atoms with Gasteiger partial charge in [0.05, 0.1) is 0 Å². The third-order valence-electron chi connectivity index (χ3n) is 4.72. The number of carbonyl (C=O) groups excluding carboxylic acids is 2. The van der Waals surface area contributed by atoms with E-state index in [2.05, 4.69) is 10.6 Å². The highest BCUT2D eigenvalue weighted by Crippen LogP contribution is 2.22. The third kappa shape index (κ3) is 7.26. The number of carbonyl (C=O) groups is 2. The van der Waals surface area contributed by atoms with Crippen molar-refractivity contribution in [3.8, 4) is 5.75 Å². The first-order valence-corrected chi connectivity index (χ1v) is 11.9. The van der Waals surface area contributed by atoms with Gasteiger partial charge in [-0.3, -0.25) is 4.79 Å². The molecule has 0 aliphatic heterocycles. The van der Waals surface area contributed by atoms with Gasteiger partial charge < -0.3 is 19.7 Å². The minimum Gasteiger partial charge on any atom is -0.379 e. The molecule has 0 aliphatic rings. The van der Waals surface area contributed by atoms with Crippen LogP contribution >= 0.6 is 0 Å². The number of hydrogen-bond donors (Lipinski definition) is 2. The maximum absolute atomic E-state index is 12.7. The fraction of sp³-hybridized carbons (Fsp3) is 0.391. The lowest BCUT2D eigenvalue weighted by atomic mass is 10.1. The lowest BCUT2D eigenvalue weighted by Crippen LogP contribution is -2.46. The van der Waals surface area contributed by atoms with Crippen LogP contribution in [0, 0.1) is 0 Å². The van der Waals surface area contributed by atoms with Crippen molar-refractivity contribution in [2.45, 2.75) is 64.6 Å². The summed E-state index contributed by atoms with van der Waals surface area (Å²) in [4.78, 5) is 25.4. The lowest BCUT2D eigenvalue weighted by Gasteiger charge is -2.30. The fourth-order valence-electron chi connectivity index (χ4n) is 2.95. The summed E-state index contributed by atoms with van der Waals surface area (Å²) in [6.07, 6.45) is 0.782. The Kier molecular flexibility index (Phi) is 8.65. The quantitative estimate of drug-likeness (QED) is 0.546. The monoisotopic (exact) mass is 461 g/mol. The molecule has 9 heteroatoms. The molecule has 2 aromatic carbocycles. The van der Waals surface area contributed by atoms with Crippen molar-refractivity contribution < 1.29 is 22.2 Å². The minimum atomic E-state index is -4.06. The predicted octanol–water partition coefficient (Wildman–Crippen LogP) is 4.13. The van der Waals surface area contributed by atoms with Crippen molar-refractivity contribution in [2.24, 2.45) is 0 Å². The zero-order valence-corrected chi connectivity index (χ0v) is 19.9. The summed E-state index contributed by atoms with van der Waals surface area (Å²) < 4.78 is 30.6. The SMILES string of the molecule is CCC(C)N(Cc1cccc(OS(=O)(=O)c2ccc(NC(C)=O)cc2)c1)C(=O)NC(C)C. The molecule has 0 saturated carbocycles. The Morgan fingerprint density at radius 3 is 2.28 bits per heavy atom. The van der Waals surface area contributed by atoms with Gasteiger partial charge in [0, 0.05) is 31.2 Å². The van der Waals surface area contributed by atoms with Crippen LogP contribution in [-0.4, -0.2) is 37.3 Å². The summed E-state index contributed by atoms with van der Waals surface area (Å²) in [7, 11) is -4.06. The second-order valence-electron chi connectivity index (χ2n) is 7.88. The number of nitrogens with one attached hydrogen (secondary N) is 2. The molecule has 0 bridgehead atoms. The molecular weight excluding hydrogens is 430 g/mol. The molecule has 174 valence electrons. The second kappa shape index (κ2) is 11.0. The Balaban J connectivity index is 2.19. The number of benzene rings is 2. The first-order chi connectivity index (χ1) is 15.0. The van der Waals surface area contributed by atoms with Gasteiger partial charge in [0.15, 0.2) is 0 Å². The van der Waals surface area contributed by atoms with Crippen molar-refractivity contribution in [3.05, 3.63) is 54.1 Å². The van der Waals surface area contributed by atoms with E-state index in [9.17, 15) is 18.0 Å². The smallest absolute Gasteiger partial charge is 0.339 e. The predicted molar refractivity (Wildman–Crippen MR) is 124 cm³/mol. The van der Waals surface area contributed by atoms with Crippen LogP contribution in [0.15, 0.2) is 53.4 Å². The summed E-state index contributed by atoms with van der Waals surface area (Å²) in [6, 6.07) is 12.2. The number of nitrogens with zero attached hydrogens (tertiary/aromatic N) is 1. The van der Waals surface area contributed by atoms with E-state index in [1.54, 1.807) is 23.1 Å². The Bertz CT molecular complexity index is 1040.